The number of aryl methyl sites for hydroxylation is 1. The fraction of sp³-hybridized carbons (Fsp3) is 0.296. The number of nitrogens with two attached hydrogens (primary N) is 1. The number of pyridine rings is 2. The van der Waals surface area contributed by atoms with E-state index in [-0.39, 0.29) is 11.6 Å². The summed E-state index contributed by atoms with van der Waals surface area (Å²) in [5, 5.41) is 2.68. The van der Waals surface area contributed by atoms with Gasteiger partial charge in [0.15, 0.2) is 0 Å². The Morgan fingerprint density at radius 1 is 1.16 bits per heavy atom. The van der Waals surface area contributed by atoms with Gasteiger partial charge in [-0.25, -0.2) is 4.98 Å². The summed E-state index contributed by atoms with van der Waals surface area (Å²) in [6.07, 6.45) is -1.97. The smallest absolute Gasteiger partial charge is 0.378 e. The van der Waals surface area contributed by atoms with Crippen molar-refractivity contribution >= 4 is 17.3 Å². The van der Waals surface area contributed by atoms with Gasteiger partial charge in [-0.05, 0) is 61.2 Å². The Balaban J connectivity index is 1.66. The molecule has 0 saturated carbocycles. The van der Waals surface area contributed by atoms with Gasteiger partial charge in [0.25, 0.3) is 5.91 Å². The number of hydrogen-bond acceptors (Lipinski definition) is 6. The Kier molecular flexibility index (Phi) is 7.76. The van der Waals surface area contributed by atoms with E-state index in [2.05, 4.69) is 32.0 Å². The van der Waals surface area contributed by atoms with Crippen LogP contribution in [0.5, 0.6) is 0 Å². The summed E-state index contributed by atoms with van der Waals surface area (Å²) in [5.41, 5.74) is 9.01. The molecule has 192 valence electrons. The van der Waals surface area contributed by atoms with Gasteiger partial charge < -0.3 is 20.7 Å². The van der Waals surface area contributed by atoms with E-state index in [4.69, 9.17) is 10.5 Å². The second-order valence-electron chi connectivity index (χ2n) is 8.66. The molecule has 0 radical (unpaired) electrons. The summed E-state index contributed by atoms with van der Waals surface area (Å²) < 4.78 is 44.5. The molecule has 1 aliphatic rings. The van der Waals surface area contributed by atoms with Crippen molar-refractivity contribution in [2.75, 3.05) is 36.5 Å². The van der Waals surface area contributed by atoms with Crippen LogP contribution >= 0.6 is 0 Å². The summed E-state index contributed by atoms with van der Waals surface area (Å²) in [5.74, 6) is 5.35. The van der Waals surface area contributed by atoms with Crippen molar-refractivity contribution in [1.82, 2.24) is 9.97 Å². The zero-order valence-corrected chi connectivity index (χ0v) is 20.4. The van der Waals surface area contributed by atoms with Crippen molar-refractivity contribution in [1.29, 1.82) is 0 Å². The number of alkyl halides is 3. The number of aromatic nitrogens is 2. The van der Waals surface area contributed by atoms with Crippen LogP contribution in [0.1, 0.15) is 34.2 Å². The molecule has 37 heavy (non-hydrogen) atoms. The van der Waals surface area contributed by atoms with Crippen molar-refractivity contribution in [3.8, 4) is 23.0 Å². The Morgan fingerprint density at radius 3 is 2.62 bits per heavy atom. The summed E-state index contributed by atoms with van der Waals surface area (Å²) in [6.45, 7) is 6.30. The zero-order valence-electron chi connectivity index (χ0n) is 20.4. The molecule has 2 aromatic heterocycles. The van der Waals surface area contributed by atoms with Crippen molar-refractivity contribution in [3.63, 3.8) is 0 Å². The number of carbonyl (C=O) groups is 1. The molecule has 0 unspecified atom stereocenters. The lowest BCUT2D eigenvalue weighted by atomic mass is 10.00. The Morgan fingerprint density at radius 2 is 1.92 bits per heavy atom. The third-order valence-electron chi connectivity index (χ3n) is 5.76. The van der Waals surface area contributed by atoms with Gasteiger partial charge in [-0.2, -0.15) is 13.2 Å². The Hall–Kier alpha value is -3.94. The highest BCUT2D eigenvalue weighted by atomic mass is 19.4. The first-order valence-electron chi connectivity index (χ1n) is 11.7. The molecule has 3 heterocycles. The van der Waals surface area contributed by atoms with Crippen molar-refractivity contribution in [2.24, 2.45) is 5.73 Å². The van der Waals surface area contributed by atoms with Crippen LogP contribution in [-0.4, -0.2) is 48.2 Å². The van der Waals surface area contributed by atoms with Crippen molar-refractivity contribution < 1.29 is 22.7 Å². The second kappa shape index (κ2) is 11.0. The molecule has 1 atom stereocenters. The number of nitrogens with one attached hydrogen (secondary N) is 1. The van der Waals surface area contributed by atoms with Gasteiger partial charge in [-0.1, -0.05) is 12.0 Å². The molecule has 3 aromatic rings. The lowest BCUT2D eigenvalue weighted by Crippen LogP contribution is -2.36. The van der Waals surface area contributed by atoms with Gasteiger partial charge in [0.2, 0.25) is 0 Å². The fourth-order valence-electron chi connectivity index (χ4n) is 3.87. The number of ether oxygens (including phenoxy) is 1. The van der Waals surface area contributed by atoms with Crippen LogP contribution in [0, 0.1) is 18.8 Å². The van der Waals surface area contributed by atoms with E-state index < -0.39 is 17.8 Å². The number of nitrogens with zero attached hydrogens (tertiary/aromatic N) is 3. The van der Waals surface area contributed by atoms with Crippen LogP contribution in [0.4, 0.5) is 24.5 Å². The second-order valence-corrected chi connectivity index (χ2v) is 8.66. The number of carbonyl (C=O) groups excluding carboxylic acids is 1. The normalized spacial score (nSPS) is 14.5. The monoisotopic (exact) mass is 509 g/mol. The van der Waals surface area contributed by atoms with Crippen LogP contribution in [0.15, 0.2) is 48.8 Å². The summed E-state index contributed by atoms with van der Waals surface area (Å²) >= 11 is 0. The maximum absolute atomic E-state index is 13.0. The highest BCUT2D eigenvalue weighted by Crippen LogP contribution is 2.32. The minimum Gasteiger partial charge on any atom is -0.378 e. The first kappa shape index (κ1) is 26.1. The number of hydrogen-bond donors (Lipinski definition) is 2. The zero-order chi connectivity index (χ0) is 26.6. The summed E-state index contributed by atoms with van der Waals surface area (Å²) in [7, 11) is 0. The van der Waals surface area contributed by atoms with Crippen LogP contribution in [0.25, 0.3) is 11.1 Å². The van der Waals surface area contributed by atoms with Gasteiger partial charge in [0.05, 0.1) is 24.9 Å². The molecule has 1 aromatic carbocycles. The number of morpholine rings is 1. The quantitative estimate of drug-likeness (QED) is 0.511. The van der Waals surface area contributed by atoms with E-state index in [1.807, 2.05) is 19.1 Å². The maximum Gasteiger partial charge on any atom is 0.433 e. The molecule has 1 amide bonds. The average molecular weight is 510 g/mol. The SMILES string of the molecule is Cc1ccc(NC(=O)c2ccnc(C(F)(F)F)c2)cc1-c1cnc(C#C[C@@H](C)N)c(N2CCOCC2)c1. The number of benzene rings is 1. The first-order valence-corrected chi connectivity index (χ1v) is 11.7. The van der Waals surface area contributed by atoms with Gasteiger partial charge >= 0.3 is 6.18 Å². The van der Waals surface area contributed by atoms with Crippen LogP contribution in [-0.2, 0) is 10.9 Å². The number of halogens is 3. The molecule has 0 spiro atoms. The van der Waals surface area contributed by atoms with E-state index in [1.54, 1.807) is 25.3 Å². The molecule has 10 heteroatoms. The standard InChI is InChI=1S/C27H26F3N5O2/c1-17-3-5-21(34-26(36)19-7-8-32-25(14-19)27(28,29)30)15-22(17)20-13-24(35-9-11-37-12-10-35)23(33-16-20)6-4-18(2)31/h3,5,7-8,13-16,18H,9-12,31H2,1-2H3,(H,34,36)/t18-/m1/s1. The van der Waals surface area contributed by atoms with E-state index in [1.165, 1.54) is 6.07 Å². The Bertz CT molecular complexity index is 1360. The van der Waals surface area contributed by atoms with Gasteiger partial charge in [-0.3, -0.25) is 9.78 Å². The van der Waals surface area contributed by atoms with Gasteiger partial charge in [0.1, 0.15) is 11.4 Å². The average Bonchev–Trinajstić information content (AvgIpc) is 2.88. The molecule has 1 aliphatic heterocycles. The maximum atomic E-state index is 13.0. The minimum atomic E-state index is -4.64. The molecule has 7 nitrogen and oxygen atoms in total. The topological polar surface area (TPSA) is 93.4 Å². The highest BCUT2D eigenvalue weighted by molar-refractivity contribution is 6.04. The molecular weight excluding hydrogens is 483 g/mol. The molecule has 3 N–H and O–H groups in total. The summed E-state index contributed by atoms with van der Waals surface area (Å²) in [4.78, 5) is 22.8. The van der Waals surface area contributed by atoms with Gasteiger partial charge in [-0.15, -0.1) is 0 Å². The third kappa shape index (κ3) is 6.44. The molecule has 4 rings (SSSR count). The number of rotatable bonds is 4. The van der Waals surface area contributed by atoms with E-state index >= 15 is 0 Å². The largest absolute Gasteiger partial charge is 0.433 e. The van der Waals surface area contributed by atoms with E-state index in [0.29, 0.717) is 37.7 Å². The first-order chi connectivity index (χ1) is 17.6. The molecule has 1 saturated heterocycles. The third-order valence-corrected chi connectivity index (χ3v) is 5.76. The lowest BCUT2D eigenvalue weighted by molar-refractivity contribution is -0.141. The molecule has 0 bridgehead atoms. The van der Waals surface area contributed by atoms with Crippen LogP contribution < -0.4 is 16.0 Å². The predicted octanol–water partition coefficient (Wildman–Crippen LogP) is 4.26. The highest BCUT2D eigenvalue weighted by Gasteiger charge is 2.33. The molecule has 1 fully saturated rings. The predicted molar refractivity (Wildman–Crippen MR) is 135 cm³/mol. The Labute approximate surface area is 212 Å². The molecule has 0 aliphatic carbocycles. The summed E-state index contributed by atoms with van der Waals surface area (Å²) in [6, 6.07) is 8.96. The number of amides is 1. The van der Waals surface area contributed by atoms with Crippen molar-refractivity contribution in [3.05, 3.63) is 71.3 Å². The van der Waals surface area contributed by atoms with Crippen molar-refractivity contribution in [2.45, 2.75) is 26.1 Å². The molecular formula is C27H26F3N5O2. The van der Waals surface area contributed by atoms with Crippen LogP contribution in [0.3, 0.4) is 0 Å². The minimum absolute atomic E-state index is 0.141. The lowest BCUT2D eigenvalue weighted by Gasteiger charge is -2.29. The van der Waals surface area contributed by atoms with Crippen LogP contribution in [0.2, 0.25) is 0 Å². The number of anilines is 2. The van der Waals surface area contributed by atoms with E-state index in [9.17, 15) is 18.0 Å². The van der Waals surface area contributed by atoms with Gasteiger partial charge in [0, 0.05) is 42.3 Å². The van der Waals surface area contributed by atoms with E-state index in [0.717, 1.165) is 34.6 Å². The fourth-order valence-corrected chi connectivity index (χ4v) is 3.87.